The van der Waals surface area contributed by atoms with E-state index in [0.29, 0.717) is 27.3 Å². The zero-order valence-corrected chi connectivity index (χ0v) is 21.0. The van der Waals surface area contributed by atoms with Crippen molar-refractivity contribution in [2.75, 3.05) is 5.75 Å². The molecule has 0 bridgehead atoms. The number of thioether (sulfide) groups is 1. The highest BCUT2D eigenvalue weighted by Gasteiger charge is 2.17. The second kappa shape index (κ2) is 11.1. The number of hydrogen-bond donors (Lipinski definition) is 1. The number of rotatable bonds is 8. The number of benzene rings is 3. The summed E-state index contributed by atoms with van der Waals surface area (Å²) in [7, 11) is 0. The fraction of sp³-hybridized carbons (Fsp3) is 0.120. The summed E-state index contributed by atoms with van der Waals surface area (Å²) in [4.78, 5) is 22.8. The Hall–Kier alpha value is -4.02. The Bertz CT molecular complexity index is 1420. The Morgan fingerprint density at radius 2 is 1.72 bits per heavy atom. The molecule has 0 spiro atoms. The van der Waals surface area contributed by atoms with Crippen molar-refractivity contribution >= 4 is 40.7 Å². The van der Waals surface area contributed by atoms with Crippen LogP contribution >= 0.6 is 23.4 Å². The summed E-state index contributed by atoms with van der Waals surface area (Å²) in [5, 5.41) is 24.8. The maximum absolute atomic E-state index is 12.5. The Morgan fingerprint density at radius 1 is 1.06 bits per heavy atom. The van der Waals surface area contributed by atoms with Crippen molar-refractivity contribution in [3.63, 3.8) is 0 Å². The smallest absolute Gasteiger partial charge is 0.269 e. The second-order valence-corrected chi connectivity index (χ2v) is 9.19. The van der Waals surface area contributed by atoms with Crippen molar-refractivity contribution < 1.29 is 9.72 Å². The summed E-state index contributed by atoms with van der Waals surface area (Å²) in [5.74, 6) is 0.368. The number of carbonyl (C=O) groups excluding carboxylic acids is 1. The van der Waals surface area contributed by atoms with E-state index in [9.17, 15) is 14.9 Å². The summed E-state index contributed by atoms with van der Waals surface area (Å²) in [6.45, 7) is 3.72. The normalized spacial score (nSPS) is 11.4. The van der Waals surface area contributed by atoms with Crippen LogP contribution in [0.1, 0.15) is 18.1 Å². The monoisotopic (exact) mass is 520 g/mol. The molecule has 4 rings (SSSR count). The number of nitrogens with zero attached hydrogens (tertiary/aromatic N) is 5. The minimum atomic E-state index is -0.470. The van der Waals surface area contributed by atoms with Crippen LogP contribution < -0.4 is 5.43 Å². The van der Waals surface area contributed by atoms with Crippen molar-refractivity contribution in [1.29, 1.82) is 0 Å². The predicted octanol–water partition coefficient (Wildman–Crippen LogP) is 5.44. The van der Waals surface area contributed by atoms with Crippen LogP contribution in [0.4, 0.5) is 5.69 Å². The molecule has 0 fully saturated rings. The van der Waals surface area contributed by atoms with Gasteiger partial charge in [-0.25, -0.2) is 5.43 Å². The fourth-order valence-electron chi connectivity index (χ4n) is 3.27. The number of carbonyl (C=O) groups is 1. The highest BCUT2D eigenvalue weighted by atomic mass is 35.5. The first-order valence-corrected chi connectivity index (χ1v) is 12.2. The van der Waals surface area contributed by atoms with Gasteiger partial charge in [0.05, 0.1) is 16.4 Å². The van der Waals surface area contributed by atoms with Gasteiger partial charge >= 0.3 is 0 Å². The third-order valence-electron chi connectivity index (χ3n) is 5.20. The SMILES string of the molecule is C/C(=N\NC(=O)CSc1nnc(-c2ccc(C)cc2)n1-c1ccc(Cl)cc1)c1ccc([N+](=O)[O-])cc1. The van der Waals surface area contributed by atoms with Gasteiger partial charge in [-0.1, -0.05) is 53.2 Å². The van der Waals surface area contributed by atoms with Crippen LogP contribution in [0.5, 0.6) is 0 Å². The highest BCUT2D eigenvalue weighted by Crippen LogP contribution is 2.28. The first-order chi connectivity index (χ1) is 17.3. The molecule has 0 aliphatic carbocycles. The minimum absolute atomic E-state index is 0.0122. The lowest BCUT2D eigenvalue weighted by atomic mass is 10.1. The lowest BCUT2D eigenvalue weighted by Crippen LogP contribution is -2.21. The Morgan fingerprint density at radius 3 is 2.36 bits per heavy atom. The average molecular weight is 521 g/mol. The molecule has 0 aliphatic heterocycles. The molecule has 182 valence electrons. The maximum Gasteiger partial charge on any atom is 0.269 e. The molecule has 36 heavy (non-hydrogen) atoms. The van der Waals surface area contributed by atoms with Gasteiger partial charge in [0, 0.05) is 28.4 Å². The van der Waals surface area contributed by atoms with Crippen molar-refractivity contribution in [2.45, 2.75) is 19.0 Å². The van der Waals surface area contributed by atoms with Gasteiger partial charge in [0.1, 0.15) is 0 Å². The van der Waals surface area contributed by atoms with Gasteiger partial charge in [-0.15, -0.1) is 10.2 Å². The van der Waals surface area contributed by atoms with Gasteiger partial charge in [-0.05, 0) is 55.8 Å². The molecule has 0 radical (unpaired) electrons. The zero-order valence-electron chi connectivity index (χ0n) is 19.4. The lowest BCUT2D eigenvalue weighted by Gasteiger charge is -2.10. The van der Waals surface area contributed by atoms with Crippen molar-refractivity contribution in [3.8, 4) is 17.1 Å². The highest BCUT2D eigenvalue weighted by molar-refractivity contribution is 7.99. The molecule has 1 heterocycles. The van der Waals surface area contributed by atoms with Gasteiger partial charge in [0.15, 0.2) is 11.0 Å². The largest absolute Gasteiger partial charge is 0.272 e. The van der Waals surface area contributed by atoms with E-state index in [2.05, 4.69) is 20.7 Å². The molecule has 0 saturated heterocycles. The Balaban J connectivity index is 1.50. The Kier molecular flexibility index (Phi) is 7.77. The standard InChI is InChI=1S/C25H21ClN6O3S/c1-16-3-5-19(6-4-16)24-29-30-25(31(24)21-13-9-20(26)10-14-21)36-15-23(33)28-27-17(2)18-7-11-22(12-8-18)32(34)35/h3-14H,15H2,1-2H3,(H,28,33)/b27-17+. The molecule has 3 aromatic carbocycles. The molecule has 0 saturated carbocycles. The first kappa shape index (κ1) is 25.1. The first-order valence-electron chi connectivity index (χ1n) is 10.8. The number of non-ortho nitro benzene ring substituents is 1. The van der Waals surface area contributed by atoms with E-state index in [0.717, 1.165) is 16.8 Å². The van der Waals surface area contributed by atoms with Crippen LogP contribution in [0.3, 0.4) is 0 Å². The molecule has 1 amide bonds. The molecule has 0 unspecified atom stereocenters. The molecule has 4 aromatic rings. The third-order valence-corrected chi connectivity index (χ3v) is 6.39. The van der Waals surface area contributed by atoms with Gasteiger partial charge < -0.3 is 0 Å². The predicted molar refractivity (Wildman–Crippen MR) is 141 cm³/mol. The summed E-state index contributed by atoms with van der Waals surface area (Å²) < 4.78 is 1.88. The number of hydrogen-bond acceptors (Lipinski definition) is 7. The average Bonchev–Trinajstić information content (AvgIpc) is 3.31. The zero-order chi connectivity index (χ0) is 25.7. The van der Waals surface area contributed by atoms with E-state index in [-0.39, 0.29) is 17.3 Å². The van der Waals surface area contributed by atoms with E-state index in [4.69, 9.17) is 11.6 Å². The number of hydrazone groups is 1. The summed E-state index contributed by atoms with van der Waals surface area (Å²) >= 11 is 7.30. The topological polar surface area (TPSA) is 115 Å². The molecule has 0 atom stereocenters. The van der Waals surface area contributed by atoms with Crippen molar-refractivity contribution in [3.05, 3.63) is 99.1 Å². The van der Waals surface area contributed by atoms with Crippen LogP contribution in [0, 0.1) is 17.0 Å². The Labute approximate surface area is 216 Å². The van der Waals surface area contributed by atoms with Gasteiger partial charge in [-0.3, -0.25) is 19.5 Å². The number of halogens is 1. The van der Waals surface area contributed by atoms with Crippen molar-refractivity contribution in [1.82, 2.24) is 20.2 Å². The molecule has 0 aliphatic rings. The number of nitro groups is 1. The summed E-state index contributed by atoms with van der Waals surface area (Å²) in [6, 6.07) is 21.2. The van der Waals surface area contributed by atoms with Crippen molar-refractivity contribution in [2.24, 2.45) is 5.10 Å². The van der Waals surface area contributed by atoms with Crippen LogP contribution in [-0.4, -0.2) is 37.1 Å². The van der Waals surface area contributed by atoms with Crippen LogP contribution in [0.15, 0.2) is 83.1 Å². The van der Waals surface area contributed by atoms with Crippen LogP contribution in [0.25, 0.3) is 17.1 Å². The van der Waals surface area contributed by atoms with E-state index in [1.165, 1.54) is 23.9 Å². The van der Waals surface area contributed by atoms with E-state index in [1.54, 1.807) is 31.2 Å². The molecular weight excluding hydrogens is 500 g/mol. The number of nitrogens with one attached hydrogen (secondary N) is 1. The molecule has 1 N–H and O–H groups in total. The third kappa shape index (κ3) is 5.96. The molecule has 9 nitrogen and oxygen atoms in total. The summed E-state index contributed by atoms with van der Waals surface area (Å²) in [6.07, 6.45) is 0. The molecular formula is C25H21ClN6O3S. The molecule has 11 heteroatoms. The van der Waals surface area contributed by atoms with Crippen LogP contribution in [-0.2, 0) is 4.79 Å². The number of amides is 1. The fourth-order valence-corrected chi connectivity index (χ4v) is 4.14. The van der Waals surface area contributed by atoms with Crippen LogP contribution in [0.2, 0.25) is 5.02 Å². The van der Waals surface area contributed by atoms with Gasteiger partial charge in [0.25, 0.3) is 11.6 Å². The summed E-state index contributed by atoms with van der Waals surface area (Å²) in [5.41, 5.74) is 6.53. The lowest BCUT2D eigenvalue weighted by molar-refractivity contribution is -0.384. The van der Waals surface area contributed by atoms with Gasteiger partial charge in [0.2, 0.25) is 0 Å². The number of aryl methyl sites for hydroxylation is 1. The number of aromatic nitrogens is 3. The van der Waals surface area contributed by atoms with E-state index >= 15 is 0 Å². The van der Waals surface area contributed by atoms with E-state index < -0.39 is 4.92 Å². The number of nitro benzene ring substituents is 1. The second-order valence-electron chi connectivity index (χ2n) is 7.81. The maximum atomic E-state index is 12.5. The van der Waals surface area contributed by atoms with Gasteiger partial charge in [-0.2, -0.15) is 5.10 Å². The minimum Gasteiger partial charge on any atom is -0.272 e. The quantitative estimate of drug-likeness (QED) is 0.143. The van der Waals surface area contributed by atoms with E-state index in [1.807, 2.05) is 47.9 Å². The molecule has 1 aromatic heterocycles.